The number of nitrogens with one attached hydrogen (secondary N) is 2. The fraction of sp³-hybridized carbons (Fsp3) is 0.273. The lowest BCUT2D eigenvalue weighted by Crippen LogP contribution is -2.28. The van der Waals surface area contributed by atoms with E-state index in [9.17, 15) is 9.59 Å². The fourth-order valence-electron chi connectivity index (χ4n) is 2.89. The van der Waals surface area contributed by atoms with E-state index in [0.717, 1.165) is 5.69 Å². The molecule has 0 saturated heterocycles. The van der Waals surface area contributed by atoms with Crippen LogP contribution in [0.4, 0.5) is 5.69 Å². The number of amides is 2. The normalized spacial score (nSPS) is 10.7. The molecule has 0 radical (unpaired) electrons. The third-order valence-corrected chi connectivity index (χ3v) is 4.50. The van der Waals surface area contributed by atoms with Gasteiger partial charge >= 0.3 is 0 Å². The van der Waals surface area contributed by atoms with Crippen LogP contribution in [0.15, 0.2) is 48.5 Å². The number of carbonyl (C=O) groups is 2. The Bertz CT molecular complexity index is 1060. The molecule has 0 atom stereocenters. The number of carbonyl (C=O) groups excluding carboxylic acids is 2. The number of rotatable bonds is 7. The largest absolute Gasteiger partial charge is 0.497 e. The van der Waals surface area contributed by atoms with Gasteiger partial charge in [-0.05, 0) is 37.1 Å². The Hall–Kier alpha value is -3.68. The SMILES string of the molecule is COc1cccc(-n2nnc(C(=O)Nc3ccccc3C(=O)NCC(C)C)c2C)c1. The van der Waals surface area contributed by atoms with Crippen molar-refractivity contribution in [2.45, 2.75) is 20.8 Å². The minimum Gasteiger partial charge on any atom is -0.497 e. The van der Waals surface area contributed by atoms with Crippen molar-refractivity contribution in [1.29, 1.82) is 0 Å². The second-order valence-electron chi connectivity index (χ2n) is 7.24. The zero-order chi connectivity index (χ0) is 21.7. The highest BCUT2D eigenvalue weighted by atomic mass is 16.5. The molecule has 1 aromatic heterocycles. The topological polar surface area (TPSA) is 98.1 Å². The molecule has 1 heterocycles. The van der Waals surface area contributed by atoms with E-state index in [1.165, 1.54) is 0 Å². The molecule has 0 saturated carbocycles. The Morgan fingerprint density at radius 2 is 1.87 bits per heavy atom. The number of benzene rings is 2. The van der Waals surface area contributed by atoms with Crippen LogP contribution in [0, 0.1) is 12.8 Å². The van der Waals surface area contributed by atoms with Crippen LogP contribution in [-0.2, 0) is 0 Å². The summed E-state index contributed by atoms with van der Waals surface area (Å²) in [5, 5.41) is 13.8. The van der Waals surface area contributed by atoms with Gasteiger partial charge in [0.15, 0.2) is 5.69 Å². The Labute approximate surface area is 175 Å². The smallest absolute Gasteiger partial charge is 0.278 e. The number of hydrogen-bond acceptors (Lipinski definition) is 5. The summed E-state index contributed by atoms with van der Waals surface area (Å²) in [7, 11) is 1.58. The van der Waals surface area contributed by atoms with Gasteiger partial charge in [-0.25, -0.2) is 4.68 Å². The highest BCUT2D eigenvalue weighted by molar-refractivity contribution is 6.08. The standard InChI is InChI=1S/C22H25N5O3/c1-14(2)13-23-21(28)18-10-5-6-11-19(18)24-22(29)20-15(3)27(26-25-20)16-8-7-9-17(12-16)30-4/h5-12,14H,13H2,1-4H3,(H,23,28)(H,24,29). The monoisotopic (exact) mass is 407 g/mol. The Morgan fingerprint density at radius 1 is 1.10 bits per heavy atom. The number of nitrogens with zero attached hydrogens (tertiary/aromatic N) is 3. The highest BCUT2D eigenvalue weighted by Gasteiger charge is 2.20. The number of hydrogen-bond donors (Lipinski definition) is 2. The van der Waals surface area contributed by atoms with Crippen molar-refractivity contribution in [2.75, 3.05) is 19.0 Å². The summed E-state index contributed by atoms with van der Waals surface area (Å²) in [6.45, 7) is 6.34. The second kappa shape index (κ2) is 9.21. The van der Waals surface area contributed by atoms with Gasteiger partial charge in [0.2, 0.25) is 0 Å². The van der Waals surface area contributed by atoms with E-state index in [2.05, 4.69) is 20.9 Å². The van der Waals surface area contributed by atoms with Crippen LogP contribution in [0.25, 0.3) is 5.69 Å². The lowest BCUT2D eigenvalue weighted by Gasteiger charge is -2.12. The van der Waals surface area contributed by atoms with Gasteiger partial charge in [-0.2, -0.15) is 0 Å². The fourth-order valence-corrected chi connectivity index (χ4v) is 2.89. The summed E-state index contributed by atoms with van der Waals surface area (Å²) in [6, 6.07) is 14.2. The summed E-state index contributed by atoms with van der Waals surface area (Å²) in [5.41, 5.74) is 2.29. The highest BCUT2D eigenvalue weighted by Crippen LogP contribution is 2.20. The Kier molecular flexibility index (Phi) is 6.46. The van der Waals surface area contributed by atoms with Crippen molar-refractivity contribution in [3.8, 4) is 11.4 Å². The first kappa shape index (κ1) is 21.0. The number of methoxy groups -OCH3 is 1. The van der Waals surface area contributed by atoms with Crippen molar-refractivity contribution in [3.63, 3.8) is 0 Å². The molecule has 0 bridgehead atoms. The van der Waals surface area contributed by atoms with Crippen molar-refractivity contribution in [3.05, 3.63) is 65.5 Å². The van der Waals surface area contributed by atoms with Crippen LogP contribution in [-0.4, -0.2) is 40.5 Å². The minimum absolute atomic E-state index is 0.176. The predicted molar refractivity (Wildman–Crippen MR) is 114 cm³/mol. The van der Waals surface area contributed by atoms with Crippen molar-refractivity contribution >= 4 is 17.5 Å². The van der Waals surface area contributed by atoms with Gasteiger partial charge in [0, 0.05) is 12.6 Å². The molecule has 0 spiro atoms. The van der Waals surface area contributed by atoms with Crippen molar-refractivity contribution in [2.24, 2.45) is 5.92 Å². The van der Waals surface area contributed by atoms with Crippen LogP contribution in [0.5, 0.6) is 5.75 Å². The van der Waals surface area contributed by atoms with Gasteiger partial charge in [-0.3, -0.25) is 9.59 Å². The van der Waals surface area contributed by atoms with E-state index >= 15 is 0 Å². The van der Waals surface area contributed by atoms with Crippen LogP contribution in [0.1, 0.15) is 40.4 Å². The van der Waals surface area contributed by atoms with E-state index in [1.54, 1.807) is 49.0 Å². The number of para-hydroxylation sites is 1. The zero-order valence-electron chi connectivity index (χ0n) is 17.5. The third-order valence-electron chi connectivity index (χ3n) is 4.50. The van der Waals surface area contributed by atoms with E-state index in [1.807, 2.05) is 32.0 Å². The average molecular weight is 407 g/mol. The average Bonchev–Trinajstić information content (AvgIpc) is 3.13. The first-order valence-corrected chi connectivity index (χ1v) is 9.66. The molecule has 156 valence electrons. The number of aromatic nitrogens is 3. The first-order valence-electron chi connectivity index (χ1n) is 9.66. The maximum Gasteiger partial charge on any atom is 0.278 e. The molecule has 0 fully saturated rings. The van der Waals surface area contributed by atoms with Gasteiger partial charge in [0.05, 0.1) is 29.7 Å². The molecule has 2 N–H and O–H groups in total. The minimum atomic E-state index is -0.439. The van der Waals surface area contributed by atoms with Crippen LogP contribution in [0.3, 0.4) is 0 Å². The van der Waals surface area contributed by atoms with Crippen molar-refractivity contribution in [1.82, 2.24) is 20.3 Å². The summed E-state index contributed by atoms with van der Waals surface area (Å²) in [4.78, 5) is 25.4. The molecular weight excluding hydrogens is 382 g/mol. The maximum absolute atomic E-state index is 12.9. The predicted octanol–water partition coefficient (Wildman–Crippen LogP) is 3.22. The molecule has 0 aliphatic carbocycles. The Morgan fingerprint density at radius 3 is 2.60 bits per heavy atom. The van der Waals surface area contributed by atoms with E-state index in [0.29, 0.717) is 35.2 Å². The second-order valence-corrected chi connectivity index (χ2v) is 7.24. The molecule has 8 heteroatoms. The summed E-state index contributed by atoms with van der Waals surface area (Å²) >= 11 is 0. The number of ether oxygens (including phenoxy) is 1. The van der Waals surface area contributed by atoms with Crippen LogP contribution >= 0.6 is 0 Å². The van der Waals surface area contributed by atoms with E-state index in [-0.39, 0.29) is 11.6 Å². The van der Waals surface area contributed by atoms with Gasteiger partial charge in [0.25, 0.3) is 11.8 Å². The van der Waals surface area contributed by atoms with E-state index in [4.69, 9.17) is 4.74 Å². The van der Waals surface area contributed by atoms with Crippen LogP contribution in [0.2, 0.25) is 0 Å². The molecule has 2 amide bonds. The van der Waals surface area contributed by atoms with Crippen molar-refractivity contribution < 1.29 is 14.3 Å². The molecule has 8 nitrogen and oxygen atoms in total. The van der Waals surface area contributed by atoms with Gasteiger partial charge in [0.1, 0.15) is 5.75 Å². The molecule has 0 unspecified atom stereocenters. The lowest BCUT2D eigenvalue weighted by atomic mass is 10.1. The van der Waals surface area contributed by atoms with Gasteiger partial charge < -0.3 is 15.4 Å². The van der Waals surface area contributed by atoms with Crippen LogP contribution < -0.4 is 15.4 Å². The summed E-state index contributed by atoms with van der Waals surface area (Å²) in [6.07, 6.45) is 0. The lowest BCUT2D eigenvalue weighted by molar-refractivity contribution is 0.0950. The molecule has 2 aromatic carbocycles. The third kappa shape index (κ3) is 4.65. The molecule has 3 aromatic rings. The molecule has 30 heavy (non-hydrogen) atoms. The zero-order valence-corrected chi connectivity index (χ0v) is 17.5. The molecule has 0 aliphatic heterocycles. The summed E-state index contributed by atoms with van der Waals surface area (Å²) < 4.78 is 6.81. The first-order chi connectivity index (χ1) is 14.4. The van der Waals surface area contributed by atoms with Gasteiger partial charge in [-0.15, -0.1) is 5.10 Å². The number of anilines is 1. The maximum atomic E-state index is 12.9. The Balaban J connectivity index is 1.82. The molecule has 3 rings (SSSR count). The van der Waals surface area contributed by atoms with E-state index < -0.39 is 5.91 Å². The quantitative estimate of drug-likeness (QED) is 0.627. The summed E-state index contributed by atoms with van der Waals surface area (Å²) in [5.74, 6) is 0.321. The molecular formula is C22H25N5O3. The molecule has 0 aliphatic rings. The van der Waals surface area contributed by atoms with Gasteiger partial charge in [-0.1, -0.05) is 37.3 Å².